The second-order valence-electron chi connectivity index (χ2n) is 14.2. The Hall–Kier alpha value is 1.74. The number of rotatable bonds is 7. The maximum absolute atomic E-state index is 2.92. The summed E-state index contributed by atoms with van der Waals surface area (Å²) in [5.74, 6) is 0. The van der Waals surface area contributed by atoms with Crippen molar-refractivity contribution < 1.29 is 0 Å². The van der Waals surface area contributed by atoms with Crippen molar-refractivity contribution in [3.05, 3.63) is 0 Å². The van der Waals surface area contributed by atoms with Crippen LogP contribution in [0, 0.1) is 0 Å². The fourth-order valence-corrected chi connectivity index (χ4v) is 236. The molecule has 0 aliphatic carbocycles. The molecule has 0 saturated carbocycles. The van der Waals surface area contributed by atoms with Gasteiger partial charge in [0.15, 0.2) is 0 Å². The minimum absolute atomic E-state index is 1.06. The van der Waals surface area contributed by atoms with Gasteiger partial charge in [-0.2, -0.15) is 0 Å². The summed E-state index contributed by atoms with van der Waals surface area (Å²) in [5, 5.41) is 0. The van der Waals surface area contributed by atoms with E-state index in [1.807, 2.05) is 0 Å². The molecule has 0 aliphatic rings. The largest absolute Gasteiger partial charge is 0.0735 e. The first-order valence-corrected chi connectivity index (χ1v) is 42.8. The molecular weight excluding hydrogens is 441 g/mol. The fraction of sp³-hybridized carbons (Fsp3) is 1.00. The molecule has 8 heteroatoms. The van der Waals surface area contributed by atoms with Crippen molar-refractivity contribution in [2.45, 2.75) is 118 Å². The van der Waals surface area contributed by atoms with Crippen LogP contribution in [0.2, 0.25) is 118 Å². The molecule has 0 aliphatic heterocycles. The van der Waals surface area contributed by atoms with E-state index in [2.05, 4.69) is 118 Å². The molecule has 0 aromatic rings. The van der Waals surface area contributed by atoms with Crippen LogP contribution in [0.4, 0.5) is 0 Å². The summed E-state index contributed by atoms with van der Waals surface area (Å²) in [7, 11) is -9.27. The maximum atomic E-state index is 2.92. The lowest BCUT2D eigenvalue weighted by Gasteiger charge is -2.65. The highest BCUT2D eigenvalue weighted by Gasteiger charge is 2.68. The van der Waals surface area contributed by atoms with E-state index in [9.17, 15) is 0 Å². The Morgan fingerprint density at radius 2 is 0.308 bits per heavy atom. The van der Waals surface area contributed by atoms with Crippen LogP contribution >= 0.6 is 0 Å². The van der Waals surface area contributed by atoms with Gasteiger partial charge in [-0.1, -0.05) is 118 Å². The average molecular weight is 495 g/mol. The molecule has 0 N–H and O–H groups in total. The molecule has 0 heterocycles. The lowest BCUT2D eigenvalue weighted by atomic mass is 11.8. The van der Waals surface area contributed by atoms with E-state index in [4.69, 9.17) is 0 Å². The zero-order valence-electron chi connectivity index (χ0n) is 22.0. The van der Waals surface area contributed by atoms with Crippen LogP contribution in [0.5, 0.6) is 0 Å². The third kappa shape index (κ3) is 3.76. The second kappa shape index (κ2) is 7.16. The summed E-state index contributed by atoms with van der Waals surface area (Å²) in [5.41, 5.74) is 0. The van der Waals surface area contributed by atoms with Gasteiger partial charge >= 0.3 is 0 Å². The van der Waals surface area contributed by atoms with Crippen LogP contribution in [-0.4, -0.2) is 57.8 Å². The molecule has 0 rings (SSSR count). The van der Waals surface area contributed by atoms with Crippen LogP contribution in [0.3, 0.4) is 0 Å². The summed E-state index contributed by atoms with van der Waals surface area (Å²) in [6, 6.07) is 0. The second-order valence-corrected chi connectivity index (χ2v) is 106. The molecule has 0 saturated heterocycles. The predicted octanol–water partition coefficient (Wildman–Crippen LogP) is 7.46. The van der Waals surface area contributed by atoms with Gasteiger partial charge in [0, 0.05) is 57.8 Å². The van der Waals surface area contributed by atoms with E-state index in [0.717, 1.165) is 0 Å². The van der Waals surface area contributed by atoms with Gasteiger partial charge in [0.1, 0.15) is 0 Å². The standard InChI is InChI=1S/C18H54Si8/c1-19(2,3)21(7,8)23(11,12)25(15,16)26(17,18)24(13,14)22(9,10)20(4,5)6/h1-18H3. The van der Waals surface area contributed by atoms with Crippen LogP contribution in [0.1, 0.15) is 0 Å². The molecule has 0 aromatic carbocycles. The van der Waals surface area contributed by atoms with Crippen molar-refractivity contribution >= 4 is 57.8 Å². The van der Waals surface area contributed by atoms with Gasteiger partial charge in [0.05, 0.1) is 0 Å². The first-order chi connectivity index (χ1) is 10.8. The van der Waals surface area contributed by atoms with Crippen molar-refractivity contribution in [1.82, 2.24) is 0 Å². The monoisotopic (exact) mass is 494 g/mol. The quantitative estimate of drug-likeness (QED) is 0.322. The van der Waals surface area contributed by atoms with Crippen LogP contribution < -0.4 is 0 Å². The first-order valence-electron chi connectivity index (χ1n) is 10.8. The van der Waals surface area contributed by atoms with Gasteiger partial charge in [-0.3, -0.25) is 0 Å². The Kier molecular flexibility index (Phi) is 7.64. The topological polar surface area (TPSA) is 0 Å². The van der Waals surface area contributed by atoms with E-state index in [0.29, 0.717) is 0 Å². The van der Waals surface area contributed by atoms with Gasteiger partial charge in [-0.05, 0) is 0 Å². The molecule has 0 aromatic heterocycles. The van der Waals surface area contributed by atoms with Gasteiger partial charge in [0.25, 0.3) is 0 Å². The Balaban J connectivity index is 6.61. The highest BCUT2D eigenvalue weighted by molar-refractivity contribution is 8.03. The van der Waals surface area contributed by atoms with Crippen molar-refractivity contribution in [3.8, 4) is 0 Å². The molecule has 26 heavy (non-hydrogen) atoms. The zero-order valence-corrected chi connectivity index (χ0v) is 30.0. The number of hydrogen-bond donors (Lipinski definition) is 0. The predicted molar refractivity (Wildman–Crippen MR) is 152 cm³/mol. The molecule has 0 atom stereocenters. The smallest absolute Gasteiger partial charge is 0.0354 e. The SMILES string of the molecule is C[Si](C)(C)[Si](C)(C)[Si](C)(C)[Si](C)(C)[Si](C)(C)[Si](C)(C)[Si](C)(C)[Si](C)(C)C. The number of hydrogen-bond acceptors (Lipinski definition) is 0. The summed E-state index contributed by atoms with van der Waals surface area (Å²) < 4.78 is 0. The normalized spacial score (nSPS) is 16.8. The minimum Gasteiger partial charge on any atom is -0.0735 e. The van der Waals surface area contributed by atoms with Crippen molar-refractivity contribution in [1.29, 1.82) is 0 Å². The molecule has 0 spiro atoms. The molecule has 0 nitrogen and oxygen atoms in total. The van der Waals surface area contributed by atoms with Gasteiger partial charge < -0.3 is 0 Å². The minimum atomic E-state index is -1.23. The van der Waals surface area contributed by atoms with Crippen LogP contribution in [0.25, 0.3) is 0 Å². The van der Waals surface area contributed by atoms with Crippen molar-refractivity contribution in [2.24, 2.45) is 0 Å². The maximum Gasteiger partial charge on any atom is 0.0354 e. The van der Waals surface area contributed by atoms with E-state index < -0.39 is 57.8 Å². The molecule has 0 radical (unpaired) electrons. The Bertz CT molecular complexity index is 468. The fourth-order valence-electron chi connectivity index (χ4n) is 5.00. The van der Waals surface area contributed by atoms with Gasteiger partial charge in [0.2, 0.25) is 0 Å². The Morgan fingerprint density at radius 3 is 0.423 bits per heavy atom. The molecule has 0 bridgehead atoms. The molecule has 0 unspecified atom stereocenters. The van der Waals surface area contributed by atoms with Crippen LogP contribution in [0.15, 0.2) is 0 Å². The van der Waals surface area contributed by atoms with E-state index in [1.165, 1.54) is 0 Å². The Morgan fingerprint density at radius 1 is 0.192 bits per heavy atom. The van der Waals surface area contributed by atoms with Crippen molar-refractivity contribution in [3.63, 3.8) is 0 Å². The van der Waals surface area contributed by atoms with E-state index >= 15 is 0 Å². The average Bonchev–Trinajstić information content (AvgIpc) is 2.34. The first kappa shape index (κ1) is 27.7. The van der Waals surface area contributed by atoms with E-state index in [-0.39, 0.29) is 0 Å². The molecule has 0 fully saturated rings. The van der Waals surface area contributed by atoms with Gasteiger partial charge in [-0.15, -0.1) is 0 Å². The zero-order chi connectivity index (χ0) is 22.0. The van der Waals surface area contributed by atoms with E-state index in [1.54, 1.807) is 0 Å². The molecule has 0 amide bonds. The third-order valence-corrected chi connectivity index (χ3v) is 185. The highest BCUT2D eigenvalue weighted by Crippen LogP contribution is 2.45. The molecular formula is C18H54Si8. The highest BCUT2D eigenvalue weighted by atomic mass is 30.1. The summed E-state index contributed by atoms with van der Waals surface area (Å²) in [6.45, 7) is 50.8. The lowest BCUT2D eigenvalue weighted by molar-refractivity contribution is 1.71. The van der Waals surface area contributed by atoms with Crippen molar-refractivity contribution in [2.75, 3.05) is 0 Å². The summed E-state index contributed by atoms with van der Waals surface area (Å²) in [6.07, 6.45) is 0. The molecule has 158 valence electrons. The Labute approximate surface area is 175 Å². The third-order valence-electron chi connectivity index (χ3n) is 11.6. The summed E-state index contributed by atoms with van der Waals surface area (Å²) in [4.78, 5) is 0. The van der Waals surface area contributed by atoms with Gasteiger partial charge in [-0.25, -0.2) is 0 Å². The lowest BCUT2D eigenvalue weighted by Crippen LogP contribution is -2.92. The summed E-state index contributed by atoms with van der Waals surface area (Å²) >= 11 is 0. The van der Waals surface area contributed by atoms with Crippen LogP contribution in [-0.2, 0) is 0 Å².